The zero-order valence-corrected chi connectivity index (χ0v) is 12.7. The Balaban J connectivity index is 2.04. The molecule has 1 aliphatic heterocycles. The molecular weight excluding hydrogens is 321 g/mol. The number of hydrogen-bond donors (Lipinski definition) is 2. The average Bonchev–Trinajstić information content (AvgIpc) is 2.93. The van der Waals surface area contributed by atoms with Gasteiger partial charge in [-0.2, -0.15) is 5.10 Å². The second-order valence-electron chi connectivity index (χ2n) is 5.18. The normalized spacial score (nSPS) is 17.2. The lowest BCUT2D eigenvalue weighted by Crippen LogP contribution is -2.19. The number of aliphatic carboxylic acids is 1. The molecule has 0 radical (unpaired) electrons. The molecule has 0 saturated carbocycles. The second-order valence-corrected chi connectivity index (χ2v) is 5.59. The van der Waals surface area contributed by atoms with Crippen LogP contribution in [0.25, 0.3) is 0 Å². The number of hydrogen-bond acceptors (Lipinski definition) is 4. The number of rotatable bonds is 3. The number of benzene rings is 2. The highest BCUT2D eigenvalue weighted by atomic mass is 35.5. The van der Waals surface area contributed by atoms with E-state index in [1.807, 2.05) is 0 Å². The predicted molar refractivity (Wildman–Crippen MR) is 87.2 cm³/mol. The van der Waals surface area contributed by atoms with Crippen molar-refractivity contribution < 1.29 is 14.3 Å². The van der Waals surface area contributed by atoms with E-state index in [4.69, 9.17) is 17.3 Å². The smallest absolute Gasteiger partial charge is 0.352 e. The molecule has 0 fully saturated rings. The zero-order chi connectivity index (χ0) is 16.6. The molecule has 0 bridgehead atoms. The average molecular weight is 334 g/mol. The van der Waals surface area contributed by atoms with Crippen LogP contribution in [0, 0.1) is 5.82 Å². The maximum atomic E-state index is 13.1. The Labute approximate surface area is 136 Å². The maximum Gasteiger partial charge on any atom is 0.352 e. The molecule has 3 rings (SSSR count). The van der Waals surface area contributed by atoms with Crippen LogP contribution in [0.3, 0.4) is 0 Å². The van der Waals surface area contributed by atoms with Gasteiger partial charge in [0, 0.05) is 12.1 Å². The van der Waals surface area contributed by atoms with Gasteiger partial charge in [0.2, 0.25) is 0 Å². The third-order valence-corrected chi connectivity index (χ3v) is 3.93. The summed E-state index contributed by atoms with van der Waals surface area (Å²) in [6.07, 6.45) is 0.196. The molecule has 3 N–H and O–H groups in total. The zero-order valence-electron chi connectivity index (χ0n) is 11.9. The van der Waals surface area contributed by atoms with Gasteiger partial charge in [0.05, 0.1) is 16.8 Å². The molecule has 118 valence electrons. The van der Waals surface area contributed by atoms with Gasteiger partial charge in [-0.3, -0.25) is 5.01 Å². The molecule has 1 unspecified atom stereocenters. The minimum absolute atomic E-state index is 0.0206. The first-order chi connectivity index (χ1) is 11.0. The summed E-state index contributed by atoms with van der Waals surface area (Å²) in [6, 6.07) is 10.4. The van der Waals surface area contributed by atoms with Gasteiger partial charge in [0.1, 0.15) is 11.5 Å². The molecule has 0 amide bonds. The van der Waals surface area contributed by atoms with E-state index in [9.17, 15) is 14.3 Å². The van der Waals surface area contributed by atoms with Crippen LogP contribution in [0.5, 0.6) is 0 Å². The van der Waals surface area contributed by atoms with Crippen LogP contribution in [0.4, 0.5) is 15.8 Å². The molecule has 2 aromatic carbocycles. The van der Waals surface area contributed by atoms with Gasteiger partial charge in [-0.1, -0.05) is 23.7 Å². The predicted octanol–water partition coefficient (Wildman–Crippen LogP) is 3.45. The van der Waals surface area contributed by atoms with Gasteiger partial charge >= 0.3 is 5.97 Å². The quantitative estimate of drug-likeness (QED) is 0.843. The van der Waals surface area contributed by atoms with Crippen LogP contribution in [0.1, 0.15) is 18.0 Å². The van der Waals surface area contributed by atoms with Crippen molar-refractivity contribution in [1.29, 1.82) is 0 Å². The highest BCUT2D eigenvalue weighted by molar-refractivity contribution is 6.37. The Morgan fingerprint density at radius 2 is 2.00 bits per heavy atom. The van der Waals surface area contributed by atoms with Crippen molar-refractivity contribution in [2.24, 2.45) is 5.10 Å². The summed E-state index contributed by atoms with van der Waals surface area (Å²) >= 11 is 6.22. The summed E-state index contributed by atoms with van der Waals surface area (Å²) in [5, 5.41) is 15.3. The number of nitrogens with zero attached hydrogens (tertiary/aromatic N) is 2. The Morgan fingerprint density at radius 1 is 1.30 bits per heavy atom. The Kier molecular flexibility index (Phi) is 3.92. The van der Waals surface area contributed by atoms with E-state index in [2.05, 4.69) is 5.10 Å². The molecule has 1 atom stereocenters. The SMILES string of the molecule is Nc1ccc(N2N=C(C(=O)O)CC2c2ccc(F)cc2)c(Cl)c1. The third-order valence-electron chi connectivity index (χ3n) is 3.63. The minimum atomic E-state index is -1.09. The summed E-state index contributed by atoms with van der Waals surface area (Å²) in [5.41, 5.74) is 7.51. The van der Waals surface area contributed by atoms with Crippen LogP contribution >= 0.6 is 11.6 Å². The number of nitrogens with two attached hydrogens (primary N) is 1. The highest BCUT2D eigenvalue weighted by Gasteiger charge is 2.33. The minimum Gasteiger partial charge on any atom is -0.477 e. The first kappa shape index (κ1) is 15.3. The lowest BCUT2D eigenvalue weighted by atomic mass is 10.0. The van der Waals surface area contributed by atoms with E-state index in [0.29, 0.717) is 16.4 Å². The summed E-state index contributed by atoms with van der Waals surface area (Å²) in [5.74, 6) is -1.45. The Bertz CT molecular complexity index is 792. The molecule has 0 aromatic heterocycles. The number of carbonyl (C=O) groups is 1. The lowest BCUT2D eigenvalue weighted by molar-refractivity contribution is -0.129. The van der Waals surface area contributed by atoms with E-state index >= 15 is 0 Å². The van der Waals surface area contributed by atoms with Gasteiger partial charge in [-0.15, -0.1) is 0 Å². The molecule has 0 aliphatic carbocycles. The molecule has 0 spiro atoms. The molecule has 23 heavy (non-hydrogen) atoms. The standard InChI is InChI=1S/C16H13ClFN3O2/c17-12-7-11(19)5-6-14(12)21-15(8-13(20-21)16(22)23)9-1-3-10(18)4-2-9/h1-7,15H,8,19H2,(H,22,23). The van der Waals surface area contributed by atoms with E-state index < -0.39 is 5.97 Å². The van der Waals surface area contributed by atoms with Crippen molar-refractivity contribution in [3.05, 3.63) is 58.9 Å². The molecule has 1 aliphatic rings. The second kappa shape index (κ2) is 5.89. The lowest BCUT2D eigenvalue weighted by Gasteiger charge is -2.25. The molecule has 1 heterocycles. The van der Waals surface area contributed by atoms with Gasteiger partial charge in [-0.25, -0.2) is 9.18 Å². The number of halogens is 2. The van der Waals surface area contributed by atoms with Crippen molar-refractivity contribution in [2.45, 2.75) is 12.5 Å². The van der Waals surface area contributed by atoms with E-state index in [-0.39, 0.29) is 24.0 Å². The van der Waals surface area contributed by atoms with Crippen LogP contribution in [0.2, 0.25) is 5.02 Å². The number of carboxylic acids is 1. The third kappa shape index (κ3) is 2.98. The summed E-state index contributed by atoms with van der Waals surface area (Å²) in [7, 11) is 0. The Hall–Kier alpha value is -2.60. The number of nitrogen functional groups attached to an aromatic ring is 1. The van der Waals surface area contributed by atoms with Crippen LogP contribution in [-0.4, -0.2) is 16.8 Å². The van der Waals surface area contributed by atoms with Crippen molar-refractivity contribution >= 4 is 34.7 Å². The first-order valence-corrected chi connectivity index (χ1v) is 7.24. The molecule has 5 nitrogen and oxygen atoms in total. The maximum absolute atomic E-state index is 13.1. The molecule has 0 saturated heterocycles. The van der Waals surface area contributed by atoms with Crippen LogP contribution in [0.15, 0.2) is 47.6 Å². The topological polar surface area (TPSA) is 78.9 Å². The van der Waals surface area contributed by atoms with Gasteiger partial charge in [0.25, 0.3) is 0 Å². The highest BCUT2D eigenvalue weighted by Crippen LogP contribution is 2.39. The molecule has 7 heteroatoms. The van der Waals surface area contributed by atoms with Crippen molar-refractivity contribution in [1.82, 2.24) is 0 Å². The fraction of sp³-hybridized carbons (Fsp3) is 0.125. The van der Waals surface area contributed by atoms with Gasteiger partial charge in [-0.05, 0) is 35.9 Å². The van der Waals surface area contributed by atoms with Gasteiger partial charge in [0.15, 0.2) is 0 Å². The molecular formula is C16H13ClFN3O2. The van der Waals surface area contributed by atoms with E-state index in [1.165, 1.54) is 12.1 Å². The largest absolute Gasteiger partial charge is 0.477 e. The van der Waals surface area contributed by atoms with E-state index in [1.54, 1.807) is 35.3 Å². The van der Waals surface area contributed by atoms with Crippen LogP contribution in [-0.2, 0) is 4.79 Å². The Morgan fingerprint density at radius 3 is 2.61 bits per heavy atom. The first-order valence-electron chi connectivity index (χ1n) is 6.86. The summed E-state index contributed by atoms with van der Waals surface area (Å²) < 4.78 is 13.1. The summed E-state index contributed by atoms with van der Waals surface area (Å²) in [6.45, 7) is 0. The number of hydrazone groups is 1. The molecule has 2 aromatic rings. The fourth-order valence-corrected chi connectivity index (χ4v) is 2.79. The van der Waals surface area contributed by atoms with Crippen LogP contribution < -0.4 is 10.7 Å². The summed E-state index contributed by atoms with van der Waals surface area (Å²) in [4.78, 5) is 11.3. The number of anilines is 2. The van der Waals surface area contributed by atoms with E-state index in [0.717, 1.165) is 5.56 Å². The van der Waals surface area contributed by atoms with Crippen molar-refractivity contribution in [3.8, 4) is 0 Å². The fourth-order valence-electron chi connectivity index (χ4n) is 2.51. The monoisotopic (exact) mass is 333 g/mol. The number of carboxylic acid groups (broad SMARTS) is 1. The van der Waals surface area contributed by atoms with Crippen molar-refractivity contribution in [3.63, 3.8) is 0 Å². The van der Waals surface area contributed by atoms with Gasteiger partial charge < -0.3 is 10.8 Å². The van der Waals surface area contributed by atoms with Crippen molar-refractivity contribution in [2.75, 3.05) is 10.7 Å².